The van der Waals surface area contributed by atoms with Crippen molar-refractivity contribution in [3.63, 3.8) is 0 Å². The van der Waals surface area contributed by atoms with Crippen LogP contribution < -0.4 is 0 Å². The van der Waals surface area contributed by atoms with Gasteiger partial charge in [-0.1, -0.05) is 92.5 Å². The Kier molecular flexibility index (Phi) is 4.58. The first-order valence-corrected chi connectivity index (χ1v) is 16.6. The van der Waals surface area contributed by atoms with Gasteiger partial charge in [0.25, 0.3) is 0 Å². The summed E-state index contributed by atoms with van der Waals surface area (Å²) < 4.78 is 2.40. The Labute approximate surface area is 251 Å². The molecule has 4 unspecified atom stereocenters. The summed E-state index contributed by atoms with van der Waals surface area (Å²) in [6, 6.07) is 28.5. The van der Waals surface area contributed by atoms with Gasteiger partial charge in [0, 0.05) is 8.95 Å². The van der Waals surface area contributed by atoms with Crippen molar-refractivity contribution in [1.82, 2.24) is 0 Å². The van der Waals surface area contributed by atoms with Crippen LogP contribution in [-0.4, -0.2) is 0 Å². The fraction of sp³-hybridized carbons (Fsp3) is 0.263. The van der Waals surface area contributed by atoms with E-state index in [2.05, 4.69) is 105 Å². The molecule has 2 saturated carbocycles. The van der Waals surface area contributed by atoms with Gasteiger partial charge in [0.15, 0.2) is 0 Å². The van der Waals surface area contributed by atoms with Crippen molar-refractivity contribution in [2.24, 2.45) is 0 Å². The number of fused-ring (bicyclic) bond motifs is 10. The van der Waals surface area contributed by atoms with E-state index in [-0.39, 0.29) is 0 Å². The Bertz CT molecular complexity index is 1920. The molecule has 0 aromatic heterocycles. The average molecular weight is 644 g/mol. The Morgan fingerprint density at radius 2 is 0.875 bits per heavy atom. The molecule has 4 bridgehead atoms. The molecular weight excluding hydrogens is 616 g/mol. The maximum atomic E-state index is 4.04. The highest BCUT2D eigenvalue weighted by Gasteiger charge is 2.40. The molecule has 6 aromatic rings. The third-order valence-electron chi connectivity index (χ3n) is 11.2. The van der Waals surface area contributed by atoms with Gasteiger partial charge in [0.05, 0.1) is 0 Å². The summed E-state index contributed by atoms with van der Waals surface area (Å²) in [4.78, 5) is 0. The van der Waals surface area contributed by atoms with Crippen LogP contribution >= 0.6 is 31.9 Å². The second-order valence-electron chi connectivity index (χ2n) is 12.9. The Balaban J connectivity index is 1.30. The Hall–Kier alpha value is -2.68. The number of benzene rings is 6. The third-order valence-corrected chi connectivity index (χ3v) is 12.5. The molecule has 40 heavy (non-hydrogen) atoms. The highest BCUT2D eigenvalue weighted by molar-refractivity contribution is 9.11. The standard InChI is InChI=1S/C38H28Br2/c39-33-17-31(25-5-1-3-23-19-7-9-21(15-19)35(23)25)27-11-13-30-34(40)18-32(28-12-14-29(33)37(27)38(28)30)26-6-2-4-24-20-8-10-22(16-20)36(24)26/h1-6,11-14,17-22H,7-10,15-16H2. The maximum absolute atomic E-state index is 4.04. The Morgan fingerprint density at radius 1 is 0.450 bits per heavy atom. The lowest BCUT2D eigenvalue weighted by Gasteiger charge is -2.23. The van der Waals surface area contributed by atoms with E-state index in [1.165, 1.54) is 102 Å². The van der Waals surface area contributed by atoms with Crippen LogP contribution in [0.25, 0.3) is 54.6 Å². The van der Waals surface area contributed by atoms with Crippen molar-refractivity contribution in [3.8, 4) is 22.3 Å². The average Bonchev–Trinajstić information content (AvgIpc) is 3.79. The minimum Gasteiger partial charge on any atom is -0.0613 e. The molecule has 0 aliphatic heterocycles. The zero-order chi connectivity index (χ0) is 26.3. The minimum absolute atomic E-state index is 0.727. The number of hydrogen-bond donors (Lipinski definition) is 0. The molecule has 4 aliphatic rings. The zero-order valence-electron chi connectivity index (χ0n) is 22.2. The maximum Gasteiger partial charge on any atom is 0.0260 e. The van der Waals surface area contributed by atoms with E-state index < -0.39 is 0 Å². The zero-order valence-corrected chi connectivity index (χ0v) is 25.4. The molecule has 6 aromatic carbocycles. The highest BCUT2D eigenvalue weighted by Crippen LogP contribution is 2.58. The summed E-state index contributed by atoms with van der Waals surface area (Å²) >= 11 is 8.09. The molecule has 0 N–H and O–H groups in total. The molecule has 4 atom stereocenters. The van der Waals surface area contributed by atoms with Crippen LogP contribution in [0.3, 0.4) is 0 Å². The van der Waals surface area contributed by atoms with Gasteiger partial charge in [0.1, 0.15) is 0 Å². The van der Waals surface area contributed by atoms with Crippen LogP contribution in [0.15, 0.2) is 81.7 Å². The van der Waals surface area contributed by atoms with Crippen LogP contribution in [0.5, 0.6) is 0 Å². The Morgan fingerprint density at radius 3 is 1.35 bits per heavy atom. The first-order valence-electron chi connectivity index (χ1n) is 15.0. The lowest BCUT2D eigenvalue weighted by atomic mass is 9.81. The first-order chi connectivity index (χ1) is 19.7. The molecule has 10 rings (SSSR count). The van der Waals surface area contributed by atoms with Crippen molar-refractivity contribution in [3.05, 3.63) is 104 Å². The van der Waals surface area contributed by atoms with Crippen LogP contribution in [0.2, 0.25) is 0 Å². The van der Waals surface area contributed by atoms with E-state index in [0.29, 0.717) is 0 Å². The number of rotatable bonds is 2. The highest BCUT2D eigenvalue weighted by atomic mass is 79.9. The van der Waals surface area contributed by atoms with Gasteiger partial charge in [-0.25, -0.2) is 0 Å². The smallest absolute Gasteiger partial charge is 0.0260 e. The van der Waals surface area contributed by atoms with Crippen molar-refractivity contribution < 1.29 is 0 Å². The molecule has 4 aliphatic carbocycles. The monoisotopic (exact) mass is 642 g/mol. The summed E-state index contributed by atoms with van der Waals surface area (Å²) in [6.07, 6.45) is 8.12. The molecule has 194 valence electrons. The van der Waals surface area contributed by atoms with Crippen molar-refractivity contribution >= 4 is 64.2 Å². The van der Waals surface area contributed by atoms with Gasteiger partial charge >= 0.3 is 0 Å². The van der Waals surface area contributed by atoms with Crippen molar-refractivity contribution in [2.45, 2.75) is 62.2 Å². The van der Waals surface area contributed by atoms with Crippen LogP contribution in [0.1, 0.15) is 84.5 Å². The number of halogens is 2. The molecule has 0 heterocycles. The van der Waals surface area contributed by atoms with E-state index >= 15 is 0 Å². The van der Waals surface area contributed by atoms with Crippen LogP contribution in [0.4, 0.5) is 0 Å². The summed E-state index contributed by atoms with van der Waals surface area (Å²) in [5.74, 6) is 2.99. The molecule has 0 radical (unpaired) electrons. The molecule has 2 fully saturated rings. The predicted octanol–water partition coefficient (Wildman–Crippen LogP) is 12.2. The largest absolute Gasteiger partial charge is 0.0613 e. The van der Waals surface area contributed by atoms with E-state index in [1.54, 1.807) is 22.3 Å². The summed E-state index contributed by atoms with van der Waals surface area (Å²) in [5, 5.41) is 8.19. The molecule has 0 amide bonds. The molecular formula is C38H28Br2. The summed E-state index contributed by atoms with van der Waals surface area (Å²) in [5.41, 5.74) is 12.2. The van der Waals surface area contributed by atoms with E-state index in [1.807, 2.05) is 0 Å². The first kappa shape index (κ1) is 22.9. The molecule has 0 spiro atoms. The van der Waals surface area contributed by atoms with E-state index in [0.717, 1.165) is 23.7 Å². The van der Waals surface area contributed by atoms with E-state index in [4.69, 9.17) is 0 Å². The summed E-state index contributed by atoms with van der Waals surface area (Å²) in [7, 11) is 0. The topological polar surface area (TPSA) is 0 Å². The second kappa shape index (κ2) is 7.99. The second-order valence-corrected chi connectivity index (χ2v) is 14.6. The minimum atomic E-state index is 0.727. The van der Waals surface area contributed by atoms with Crippen molar-refractivity contribution in [2.75, 3.05) is 0 Å². The lowest BCUT2D eigenvalue weighted by Crippen LogP contribution is -2.01. The third kappa shape index (κ3) is 2.83. The van der Waals surface area contributed by atoms with Gasteiger partial charge in [-0.3, -0.25) is 0 Å². The van der Waals surface area contributed by atoms with Gasteiger partial charge in [-0.2, -0.15) is 0 Å². The van der Waals surface area contributed by atoms with Crippen molar-refractivity contribution in [1.29, 1.82) is 0 Å². The quantitative estimate of drug-likeness (QED) is 0.165. The van der Waals surface area contributed by atoms with Gasteiger partial charge in [0.2, 0.25) is 0 Å². The molecule has 0 nitrogen and oxygen atoms in total. The normalized spacial score (nSPS) is 24.1. The van der Waals surface area contributed by atoms with E-state index in [9.17, 15) is 0 Å². The predicted molar refractivity (Wildman–Crippen MR) is 175 cm³/mol. The van der Waals surface area contributed by atoms with Gasteiger partial charge < -0.3 is 0 Å². The lowest BCUT2D eigenvalue weighted by molar-refractivity contribution is 0.719. The van der Waals surface area contributed by atoms with Gasteiger partial charge in [-0.15, -0.1) is 0 Å². The molecule has 0 saturated heterocycles. The molecule has 2 heteroatoms. The summed E-state index contributed by atoms with van der Waals surface area (Å²) in [6.45, 7) is 0. The van der Waals surface area contributed by atoms with Gasteiger partial charge in [-0.05, 0) is 151 Å². The number of hydrogen-bond acceptors (Lipinski definition) is 0. The fourth-order valence-corrected chi connectivity index (χ4v) is 10.8. The van der Waals surface area contributed by atoms with Crippen LogP contribution in [0, 0.1) is 0 Å². The fourth-order valence-electron chi connectivity index (χ4n) is 9.66. The SMILES string of the molecule is Brc1cc(-c2cccc3c2C2CCC3C2)c2ccc3c(Br)cc(-c4cccc5c4C4CCC5C4)c4ccc1c2c34. The van der Waals surface area contributed by atoms with Crippen LogP contribution in [-0.2, 0) is 0 Å².